The zero-order chi connectivity index (χ0) is 14.7. The summed E-state index contributed by atoms with van der Waals surface area (Å²) in [6.07, 6.45) is 0. The van der Waals surface area contributed by atoms with E-state index < -0.39 is 0 Å². The summed E-state index contributed by atoms with van der Waals surface area (Å²) in [5.41, 5.74) is 4.70. The van der Waals surface area contributed by atoms with Crippen molar-refractivity contribution < 1.29 is 4.74 Å². The van der Waals surface area contributed by atoms with Crippen LogP contribution >= 0.6 is 11.6 Å². The van der Waals surface area contributed by atoms with E-state index in [0.717, 1.165) is 11.4 Å². The molecule has 20 heavy (non-hydrogen) atoms. The molecule has 0 spiro atoms. The Morgan fingerprint density at radius 3 is 2.55 bits per heavy atom. The number of benzene rings is 2. The number of nitrogens with one attached hydrogen (secondary N) is 1. The molecule has 0 aromatic heterocycles. The zero-order valence-electron chi connectivity index (χ0n) is 12.3. The van der Waals surface area contributed by atoms with Crippen LogP contribution in [0.5, 0.6) is 5.75 Å². The summed E-state index contributed by atoms with van der Waals surface area (Å²) in [6, 6.07) is 12.3. The highest BCUT2D eigenvalue weighted by Crippen LogP contribution is 2.30. The average molecular weight is 290 g/mol. The van der Waals surface area contributed by atoms with E-state index in [1.54, 1.807) is 7.11 Å². The fraction of sp³-hybridized carbons (Fsp3) is 0.294. The number of aryl methyl sites for hydroxylation is 2. The van der Waals surface area contributed by atoms with Crippen LogP contribution < -0.4 is 10.1 Å². The Morgan fingerprint density at radius 1 is 1.10 bits per heavy atom. The van der Waals surface area contributed by atoms with E-state index in [4.69, 9.17) is 16.3 Å². The smallest absolute Gasteiger partial charge is 0.121 e. The second kappa shape index (κ2) is 6.19. The lowest BCUT2D eigenvalue weighted by atomic mass is 10.00. The van der Waals surface area contributed by atoms with E-state index in [-0.39, 0.29) is 6.04 Å². The van der Waals surface area contributed by atoms with Crippen LogP contribution in [0, 0.1) is 13.8 Å². The van der Waals surface area contributed by atoms with Crippen molar-refractivity contribution in [3.63, 3.8) is 0 Å². The molecule has 3 heteroatoms. The molecule has 2 rings (SSSR count). The number of hydrogen-bond donors (Lipinski definition) is 1. The van der Waals surface area contributed by atoms with Gasteiger partial charge in [0.2, 0.25) is 0 Å². The van der Waals surface area contributed by atoms with Crippen LogP contribution in [0.25, 0.3) is 0 Å². The number of hydrogen-bond acceptors (Lipinski definition) is 2. The number of halogens is 1. The first-order chi connectivity index (χ1) is 9.51. The minimum absolute atomic E-state index is 0.180. The van der Waals surface area contributed by atoms with Crippen LogP contribution in [0.3, 0.4) is 0 Å². The molecule has 1 N–H and O–H groups in total. The Hall–Kier alpha value is -1.67. The van der Waals surface area contributed by atoms with Gasteiger partial charge in [0.1, 0.15) is 5.75 Å². The summed E-state index contributed by atoms with van der Waals surface area (Å²) in [7, 11) is 1.65. The first-order valence-electron chi connectivity index (χ1n) is 6.68. The fourth-order valence-electron chi connectivity index (χ4n) is 2.28. The quantitative estimate of drug-likeness (QED) is 0.841. The molecule has 1 unspecified atom stereocenters. The van der Waals surface area contributed by atoms with Gasteiger partial charge in [-0.15, -0.1) is 0 Å². The largest absolute Gasteiger partial charge is 0.497 e. The lowest BCUT2D eigenvalue weighted by Crippen LogP contribution is -2.09. The molecule has 0 amide bonds. The Kier molecular flexibility index (Phi) is 4.56. The third-order valence-corrected chi connectivity index (χ3v) is 3.78. The molecule has 0 aliphatic heterocycles. The van der Waals surface area contributed by atoms with Crippen LogP contribution in [-0.2, 0) is 0 Å². The van der Waals surface area contributed by atoms with Crippen LogP contribution in [0.15, 0.2) is 36.4 Å². The van der Waals surface area contributed by atoms with E-state index in [2.05, 4.69) is 44.3 Å². The van der Waals surface area contributed by atoms with Gasteiger partial charge in [-0.1, -0.05) is 35.4 Å². The zero-order valence-corrected chi connectivity index (χ0v) is 13.1. The molecule has 0 fully saturated rings. The van der Waals surface area contributed by atoms with E-state index in [0.29, 0.717) is 5.02 Å². The maximum absolute atomic E-state index is 6.24. The van der Waals surface area contributed by atoms with Crippen molar-refractivity contribution in [3.8, 4) is 5.75 Å². The molecular weight excluding hydrogens is 270 g/mol. The molecule has 0 bridgehead atoms. The van der Waals surface area contributed by atoms with E-state index in [9.17, 15) is 0 Å². The molecule has 0 radical (unpaired) electrons. The predicted molar refractivity (Wildman–Crippen MR) is 86.0 cm³/mol. The van der Waals surface area contributed by atoms with E-state index in [1.807, 2.05) is 18.2 Å². The van der Waals surface area contributed by atoms with E-state index in [1.165, 1.54) is 16.7 Å². The third-order valence-electron chi connectivity index (χ3n) is 3.45. The lowest BCUT2D eigenvalue weighted by Gasteiger charge is -2.19. The Balaban J connectivity index is 2.27. The number of ether oxygens (including phenoxy) is 1. The average Bonchev–Trinajstić information content (AvgIpc) is 2.43. The van der Waals surface area contributed by atoms with Gasteiger partial charge in [-0.2, -0.15) is 0 Å². The van der Waals surface area contributed by atoms with Crippen molar-refractivity contribution in [3.05, 3.63) is 58.1 Å². The van der Waals surface area contributed by atoms with Gasteiger partial charge in [0.15, 0.2) is 0 Å². The maximum Gasteiger partial charge on any atom is 0.121 e. The predicted octanol–water partition coefficient (Wildman–Crippen LogP) is 5.14. The number of anilines is 1. The number of rotatable bonds is 4. The molecule has 0 saturated carbocycles. The van der Waals surface area contributed by atoms with Gasteiger partial charge in [-0.25, -0.2) is 0 Å². The Morgan fingerprint density at radius 2 is 1.85 bits per heavy atom. The van der Waals surface area contributed by atoms with Crippen molar-refractivity contribution in [1.82, 2.24) is 0 Å². The molecule has 0 aliphatic carbocycles. The summed E-state index contributed by atoms with van der Waals surface area (Å²) < 4.78 is 5.24. The Bertz CT molecular complexity index is 610. The highest BCUT2D eigenvalue weighted by Gasteiger charge is 2.11. The first kappa shape index (κ1) is 14.7. The molecule has 0 heterocycles. The summed E-state index contributed by atoms with van der Waals surface area (Å²) in [4.78, 5) is 0. The van der Waals surface area contributed by atoms with Gasteiger partial charge in [-0.05, 0) is 44.0 Å². The molecule has 2 aromatic carbocycles. The first-order valence-corrected chi connectivity index (χ1v) is 7.06. The number of methoxy groups -OCH3 is 1. The minimum atomic E-state index is 0.180. The molecule has 0 saturated heterocycles. The normalized spacial score (nSPS) is 12.1. The molecule has 2 nitrogen and oxygen atoms in total. The van der Waals surface area contributed by atoms with Gasteiger partial charge >= 0.3 is 0 Å². The van der Waals surface area contributed by atoms with Gasteiger partial charge in [0.05, 0.1) is 17.8 Å². The van der Waals surface area contributed by atoms with Crippen LogP contribution in [-0.4, -0.2) is 7.11 Å². The third kappa shape index (κ3) is 3.26. The summed E-state index contributed by atoms with van der Waals surface area (Å²) in [5, 5.41) is 4.15. The monoisotopic (exact) mass is 289 g/mol. The second-order valence-corrected chi connectivity index (χ2v) is 5.48. The van der Waals surface area contributed by atoms with E-state index >= 15 is 0 Å². The summed E-state index contributed by atoms with van der Waals surface area (Å²) >= 11 is 6.24. The highest BCUT2D eigenvalue weighted by atomic mass is 35.5. The summed E-state index contributed by atoms with van der Waals surface area (Å²) in [5.74, 6) is 0.796. The molecule has 0 aliphatic rings. The lowest BCUT2D eigenvalue weighted by molar-refractivity contribution is 0.415. The van der Waals surface area contributed by atoms with Crippen LogP contribution in [0.2, 0.25) is 5.02 Å². The van der Waals surface area contributed by atoms with Crippen LogP contribution in [0.1, 0.15) is 29.7 Å². The minimum Gasteiger partial charge on any atom is -0.497 e. The molecule has 2 aromatic rings. The summed E-state index contributed by atoms with van der Waals surface area (Å²) in [6.45, 7) is 6.37. The topological polar surface area (TPSA) is 21.3 Å². The molecule has 1 atom stereocenters. The van der Waals surface area contributed by atoms with Crippen molar-refractivity contribution in [2.45, 2.75) is 26.8 Å². The Labute approximate surface area is 125 Å². The second-order valence-electron chi connectivity index (χ2n) is 5.07. The molecular formula is C17H20ClNO. The maximum atomic E-state index is 6.24. The van der Waals surface area contributed by atoms with Crippen molar-refractivity contribution >= 4 is 17.3 Å². The van der Waals surface area contributed by atoms with Gasteiger partial charge in [0, 0.05) is 12.1 Å². The van der Waals surface area contributed by atoms with Crippen molar-refractivity contribution in [1.29, 1.82) is 0 Å². The van der Waals surface area contributed by atoms with Crippen molar-refractivity contribution in [2.75, 3.05) is 12.4 Å². The fourth-order valence-corrected chi connectivity index (χ4v) is 2.45. The highest BCUT2D eigenvalue weighted by molar-refractivity contribution is 6.33. The van der Waals surface area contributed by atoms with Crippen LogP contribution in [0.4, 0.5) is 5.69 Å². The standard InChI is InChI=1S/C17H20ClNO/c1-11-5-6-12(2)15(9-11)13(3)19-17-10-14(20-4)7-8-16(17)18/h5-10,13,19H,1-4H3. The molecule has 106 valence electrons. The SMILES string of the molecule is COc1ccc(Cl)c(NC(C)c2cc(C)ccc2C)c1. The van der Waals surface area contributed by atoms with Gasteiger partial charge in [0.25, 0.3) is 0 Å². The van der Waals surface area contributed by atoms with Gasteiger partial charge in [-0.3, -0.25) is 0 Å². The van der Waals surface area contributed by atoms with Gasteiger partial charge < -0.3 is 10.1 Å². The van der Waals surface area contributed by atoms with Crippen molar-refractivity contribution in [2.24, 2.45) is 0 Å².